The molecule has 0 atom stereocenters. The number of rotatable bonds is 5. The molecule has 0 radical (unpaired) electrons. The summed E-state index contributed by atoms with van der Waals surface area (Å²) in [7, 11) is 1.74. The number of ether oxygens (including phenoxy) is 1. The second-order valence-corrected chi connectivity index (χ2v) is 6.64. The van der Waals surface area contributed by atoms with Crippen LogP contribution in [0, 0.1) is 6.92 Å². The Morgan fingerprint density at radius 2 is 1.43 bits per heavy atom. The summed E-state index contributed by atoms with van der Waals surface area (Å²) in [5, 5.41) is 0. The lowest BCUT2D eigenvalue weighted by Gasteiger charge is -2.30. The first kappa shape index (κ1) is 16.0. The molecule has 1 aliphatic heterocycles. The van der Waals surface area contributed by atoms with Crippen LogP contribution in [-0.2, 0) is 13.1 Å². The zero-order valence-electron chi connectivity index (χ0n) is 14.3. The van der Waals surface area contributed by atoms with E-state index in [1.807, 2.05) is 0 Å². The molecule has 1 heterocycles. The fraction of sp³-hybridized carbons (Fsp3) is 0.400. The van der Waals surface area contributed by atoms with Gasteiger partial charge in [-0.3, -0.25) is 0 Å². The number of aryl methyl sites for hydroxylation is 1. The number of nitrogens with one attached hydrogen (secondary N) is 2. The van der Waals surface area contributed by atoms with Gasteiger partial charge in [0.1, 0.15) is 45.0 Å². The van der Waals surface area contributed by atoms with Crippen molar-refractivity contribution in [3.05, 3.63) is 65.2 Å². The van der Waals surface area contributed by atoms with Gasteiger partial charge in [-0.05, 0) is 30.7 Å². The third-order valence-electron chi connectivity index (χ3n) is 4.87. The van der Waals surface area contributed by atoms with Crippen LogP contribution in [0.1, 0.15) is 16.7 Å². The molecule has 1 fully saturated rings. The summed E-state index contributed by atoms with van der Waals surface area (Å²) < 4.78 is 5.35. The first-order valence-corrected chi connectivity index (χ1v) is 8.59. The van der Waals surface area contributed by atoms with Gasteiger partial charge in [0, 0.05) is 11.1 Å². The Kier molecular flexibility index (Phi) is 5.31. The molecular formula is C20H28N2O+2. The van der Waals surface area contributed by atoms with Gasteiger partial charge in [0.05, 0.1) is 7.11 Å². The summed E-state index contributed by atoms with van der Waals surface area (Å²) in [6.07, 6.45) is 0. The van der Waals surface area contributed by atoms with Crippen molar-refractivity contribution < 1.29 is 14.5 Å². The number of hydrogen-bond donors (Lipinski definition) is 2. The maximum atomic E-state index is 5.35. The highest BCUT2D eigenvalue weighted by atomic mass is 16.5. The van der Waals surface area contributed by atoms with Crippen molar-refractivity contribution in [3.8, 4) is 5.75 Å². The predicted octanol–water partition coefficient (Wildman–Crippen LogP) is 0.487. The van der Waals surface area contributed by atoms with Gasteiger partial charge in [-0.15, -0.1) is 0 Å². The SMILES string of the molecule is COc1ccc(C[NH+]2CC[NH+](Cc3ccccc3)CC2)cc1C. The molecule has 0 aliphatic carbocycles. The van der Waals surface area contributed by atoms with Crippen LogP contribution in [0.15, 0.2) is 48.5 Å². The van der Waals surface area contributed by atoms with E-state index in [-0.39, 0.29) is 0 Å². The highest BCUT2D eigenvalue weighted by molar-refractivity contribution is 5.35. The van der Waals surface area contributed by atoms with E-state index >= 15 is 0 Å². The largest absolute Gasteiger partial charge is 0.496 e. The molecule has 0 saturated carbocycles. The first-order chi connectivity index (χ1) is 11.2. The van der Waals surface area contributed by atoms with Gasteiger partial charge in [0.25, 0.3) is 0 Å². The van der Waals surface area contributed by atoms with Crippen molar-refractivity contribution in [1.29, 1.82) is 0 Å². The van der Waals surface area contributed by atoms with E-state index in [2.05, 4.69) is 55.5 Å². The smallest absolute Gasteiger partial charge is 0.127 e. The van der Waals surface area contributed by atoms with Crippen LogP contribution in [0.2, 0.25) is 0 Å². The molecule has 23 heavy (non-hydrogen) atoms. The van der Waals surface area contributed by atoms with E-state index in [9.17, 15) is 0 Å². The predicted molar refractivity (Wildman–Crippen MR) is 93.0 cm³/mol. The van der Waals surface area contributed by atoms with E-state index in [4.69, 9.17) is 4.74 Å². The van der Waals surface area contributed by atoms with Crippen LogP contribution in [0.25, 0.3) is 0 Å². The van der Waals surface area contributed by atoms with E-state index in [0.29, 0.717) is 0 Å². The second-order valence-electron chi connectivity index (χ2n) is 6.64. The Morgan fingerprint density at radius 1 is 0.826 bits per heavy atom. The number of quaternary nitrogens is 2. The lowest BCUT2D eigenvalue weighted by molar-refractivity contribution is -1.02. The van der Waals surface area contributed by atoms with Crippen LogP contribution in [0.3, 0.4) is 0 Å². The fourth-order valence-electron chi connectivity index (χ4n) is 3.53. The average Bonchev–Trinajstić information content (AvgIpc) is 2.58. The lowest BCUT2D eigenvalue weighted by Crippen LogP contribution is -3.27. The summed E-state index contributed by atoms with van der Waals surface area (Å²) in [4.78, 5) is 3.41. The van der Waals surface area contributed by atoms with Gasteiger partial charge < -0.3 is 14.5 Å². The zero-order valence-corrected chi connectivity index (χ0v) is 14.3. The number of hydrogen-bond acceptors (Lipinski definition) is 1. The highest BCUT2D eigenvalue weighted by Crippen LogP contribution is 2.17. The number of benzene rings is 2. The van der Waals surface area contributed by atoms with Gasteiger partial charge in [0.2, 0.25) is 0 Å². The highest BCUT2D eigenvalue weighted by Gasteiger charge is 2.23. The third kappa shape index (κ3) is 4.34. The molecule has 2 aromatic carbocycles. The molecule has 2 N–H and O–H groups in total. The average molecular weight is 312 g/mol. The minimum atomic E-state index is 0.987. The molecule has 3 heteroatoms. The summed E-state index contributed by atoms with van der Waals surface area (Å²) in [6, 6.07) is 17.4. The minimum Gasteiger partial charge on any atom is -0.496 e. The van der Waals surface area contributed by atoms with E-state index in [0.717, 1.165) is 18.8 Å². The third-order valence-corrected chi connectivity index (χ3v) is 4.87. The normalized spacial score (nSPS) is 21.1. The van der Waals surface area contributed by atoms with Crippen molar-refractivity contribution in [1.82, 2.24) is 0 Å². The molecule has 1 saturated heterocycles. The van der Waals surface area contributed by atoms with Crippen molar-refractivity contribution in [2.24, 2.45) is 0 Å². The molecule has 3 rings (SSSR count). The van der Waals surface area contributed by atoms with Gasteiger partial charge in [0.15, 0.2) is 0 Å². The Balaban J connectivity index is 1.50. The van der Waals surface area contributed by atoms with Crippen molar-refractivity contribution in [2.45, 2.75) is 20.0 Å². The fourth-order valence-corrected chi connectivity index (χ4v) is 3.53. The summed E-state index contributed by atoms with van der Waals surface area (Å²) in [5.74, 6) is 0.987. The summed E-state index contributed by atoms with van der Waals surface area (Å²) in [6.45, 7) is 9.46. The molecule has 0 spiro atoms. The Morgan fingerprint density at radius 3 is 2.00 bits per heavy atom. The lowest BCUT2D eigenvalue weighted by atomic mass is 10.1. The van der Waals surface area contributed by atoms with Crippen LogP contribution in [0.5, 0.6) is 5.75 Å². The minimum absolute atomic E-state index is 0.987. The summed E-state index contributed by atoms with van der Waals surface area (Å²) in [5.41, 5.74) is 4.11. The van der Waals surface area contributed by atoms with Gasteiger partial charge >= 0.3 is 0 Å². The van der Waals surface area contributed by atoms with E-state index < -0.39 is 0 Å². The van der Waals surface area contributed by atoms with Gasteiger partial charge in [-0.25, -0.2) is 0 Å². The van der Waals surface area contributed by atoms with Crippen molar-refractivity contribution in [3.63, 3.8) is 0 Å². The molecule has 122 valence electrons. The van der Waals surface area contributed by atoms with Crippen molar-refractivity contribution >= 4 is 0 Å². The molecule has 2 aromatic rings. The standard InChI is InChI=1S/C20H26N2O/c1-17-14-19(8-9-20(17)23-2)16-22-12-10-21(11-13-22)15-18-6-4-3-5-7-18/h3-9,14H,10-13,15-16H2,1-2H3/p+2. The second kappa shape index (κ2) is 7.62. The quantitative estimate of drug-likeness (QED) is 0.822. The van der Waals surface area contributed by atoms with Crippen LogP contribution in [0.4, 0.5) is 0 Å². The molecule has 0 aromatic heterocycles. The Labute approximate surface area is 139 Å². The van der Waals surface area contributed by atoms with Crippen LogP contribution < -0.4 is 14.5 Å². The van der Waals surface area contributed by atoms with E-state index in [1.165, 1.54) is 42.9 Å². The zero-order chi connectivity index (χ0) is 16.1. The molecule has 3 nitrogen and oxygen atoms in total. The van der Waals surface area contributed by atoms with Crippen molar-refractivity contribution in [2.75, 3.05) is 33.3 Å². The Hall–Kier alpha value is -1.84. The molecule has 0 amide bonds. The molecule has 0 bridgehead atoms. The van der Waals surface area contributed by atoms with Crippen LogP contribution in [-0.4, -0.2) is 33.3 Å². The van der Waals surface area contributed by atoms with E-state index in [1.54, 1.807) is 16.9 Å². The monoisotopic (exact) mass is 312 g/mol. The van der Waals surface area contributed by atoms with Crippen LogP contribution >= 0.6 is 0 Å². The first-order valence-electron chi connectivity index (χ1n) is 8.59. The maximum Gasteiger partial charge on any atom is 0.127 e. The molecular weight excluding hydrogens is 284 g/mol. The topological polar surface area (TPSA) is 18.1 Å². The Bertz CT molecular complexity index is 619. The van der Waals surface area contributed by atoms with Gasteiger partial charge in [-0.1, -0.05) is 30.3 Å². The number of methoxy groups -OCH3 is 1. The number of piperazine rings is 1. The van der Waals surface area contributed by atoms with Gasteiger partial charge in [-0.2, -0.15) is 0 Å². The maximum absolute atomic E-state index is 5.35. The molecule has 1 aliphatic rings. The summed E-state index contributed by atoms with van der Waals surface area (Å²) >= 11 is 0. The molecule has 0 unspecified atom stereocenters.